The standard InChI is InChI=1S/C30H31N3O3S2/c1-30(2,3)18-26(34)31-22-12-16-24(17-13-22)38-27(21-8-6-5-7-9-21)28(35)33-29-32-25(19-37-29)20-10-14-23(36-4)15-11-20/h5-17,19,27H,18H2,1-4H3,(H,31,34)(H,32,33,35). The van der Waals surface area contributed by atoms with Crippen LogP contribution in [-0.4, -0.2) is 23.9 Å². The molecule has 0 saturated carbocycles. The zero-order valence-corrected chi connectivity index (χ0v) is 23.5. The number of amides is 2. The van der Waals surface area contributed by atoms with Gasteiger partial charge in [-0.05, 0) is 59.5 Å². The largest absolute Gasteiger partial charge is 0.497 e. The molecule has 2 N–H and O–H groups in total. The Balaban J connectivity index is 1.46. The van der Waals surface area contributed by atoms with Gasteiger partial charge in [-0.2, -0.15) is 0 Å². The number of hydrogen-bond donors (Lipinski definition) is 2. The molecular formula is C30H31N3O3S2. The Morgan fingerprint density at radius 1 is 0.947 bits per heavy atom. The third kappa shape index (κ3) is 7.69. The quantitative estimate of drug-likeness (QED) is 0.211. The minimum Gasteiger partial charge on any atom is -0.497 e. The van der Waals surface area contributed by atoms with Crippen molar-refractivity contribution < 1.29 is 14.3 Å². The Labute approximate surface area is 231 Å². The molecule has 196 valence electrons. The van der Waals surface area contributed by atoms with Crippen molar-refractivity contribution in [2.24, 2.45) is 5.41 Å². The van der Waals surface area contributed by atoms with Crippen molar-refractivity contribution in [3.05, 3.63) is 89.8 Å². The SMILES string of the molecule is COc1ccc(-c2csc(NC(=O)C(Sc3ccc(NC(=O)CC(C)(C)C)cc3)c3ccccc3)n2)cc1. The highest BCUT2D eigenvalue weighted by Gasteiger charge is 2.23. The molecule has 0 aliphatic heterocycles. The lowest BCUT2D eigenvalue weighted by atomic mass is 9.92. The van der Waals surface area contributed by atoms with Crippen LogP contribution >= 0.6 is 23.1 Å². The van der Waals surface area contributed by atoms with Gasteiger partial charge in [0.05, 0.1) is 12.8 Å². The van der Waals surface area contributed by atoms with E-state index in [2.05, 4.69) is 15.6 Å². The van der Waals surface area contributed by atoms with E-state index >= 15 is 0 Å². The molecule has 0 bridgehead atoms. The van der Waals surface area contributed by atoms with Gasteiger partial charge in [0.2, 0.25) is 11.8 Å². The molecule has 0 fully saturated rings. The van der Waals surface area contributed by atoms with Crippen LogP contribution in [-0.2, 0) is 9.59 Å². The molecule has 0 radical (unpaired) electrons. The Kier molecular flexibility index (Phi) is 8.86. The third-order valence-electron chi connectivity index (χ3n) is 5.54. The summed E-state index contributed by atoms with van der Waals surface area (Å²) in [5.41, 5.74) is 3.29. The third-order valence-corrected chi connectivity index (χ3v) is 7.57. The van der Waals surface area contributed by atoms with Gasteiger partial charge in [0, 0.05) is 27.9 Å². The summed E-state index contributed by atoms with van der Waals surface area (Å²) in [6.45, 7) is 6.10. The Bertz CT molecular complexity index is 1360. The zero-order chi connectivity index (χ0) is 27.1. The Morgan fingerprint density at radius 2 is 1.63 bits per heavy atom. The number of benzene rings is 3. The van der Waals surface area contributed by atoms with Crippen molar-refractivity contribution in [2.75, 3.05) is 17.7 Å². The molecule has 0 saturated heterocycles. The number of methoxy groups -OCH3 is 1. The second kappa shape index (κ2) is 12.3. The second-order valence-electron chi connectivity index (χ2n) is 9.97. The van der Waals surface area contributed by atoms with Gasteiger partial charge in [-0.3, -0.25) is 9.59 Å². The van der Waals surface area contributed by atoms with Crippen LogP contribution in [0.15, 0.2) is 89.1 Å². The van der Waals surface area contributed by atoms with Crippen LogP contribution in [0, 0.1) is 5.41 Å². The van der Waals surface area contributed by atoms with E-state index in [1.165, 1.54) is 23.1 Å². The molecule has 4 aromatic rings. The van der Waals surface area contributed by atoms with Crippen molar-refractivity contribution in [1.82, 2.24) is 4.98 Å². The molecule has 1 aromatic heterocycles. The number of thiazole rings is 1. The van der Waals surface area contributed by atoms with Gasteiger partial charge in [-0.25, -0.2) is 4.98 Å². The Morgan fingerprint density at radius 3 is 2.26 bits per heavy atom. The number of thioether (sulfide) groups is 1. The van der Waals surface area contributed by atoms with Crippen molar-refractivity contribution in [3.8, 4) is 17.0 Å². The molecule has 8 heteroatoms. The van der Waals surface area contributed by atoms with Crippen LogP contribution in [0.1, 0.15) is 38.0 Å². The fourth-order valence-corrected chi connectivity index (χ4v) is 5.48. The molecule has 2 amide bonds. The van der Waals surface area contributed by atoms with E-state index in [-0.39, 0.29) is 17.2 Å². The van der Waals surface area contributed by atoms with Crippen LogP contribution in [0.25, 0.3) is 11.3 Å². The van der Waals surface area contributed by atoms with E-state index in [0.717, 1.165) is 33.2 Å². The van der Waals surface area contributed by atoms with Crippen molar-refractivity contribution in [1.29, 1.82) is 0 Å². The van der Waals surface area contributed by atoms with Crippen LogP contribution in [0.5, 0.6) is 5.75 Å². The molecule has 0 spiro atoms. The minimum atomic E-state index is -0.481. The van der Waals surface area contributed by atoms with E-state index in [4.69, 9.17) is 4.74 Å². The molecule has 0 aliphatic carbocycles. The summed E-state index contributed by atoms with van der Waals surface area (Å²) >= 11 is 2.84. The lowest BCUT2D eigenvalue weighted by molar-refractivity contribution is -0.118. The molecule has 4 rings (SSSR count). The molecule has 3 aromatic carbocycles. The Hall–Kier alpha value is -3.62. The number of nitrogens with zero attached hydrogens (tertiary/aromatic N) is 1. The highest BCUT2D eigenvalue weighted by Crippen LogP contribution is 2.37. The summed E-state index contributed by atoms with van der Waals surface area (Å²) in [7, 11) is 1.63. The van der Waals surface area contributed by atoms with E-state index in [9.17, 15) is 9.59 Å². The summed E-state index contributed by atoms with van der Waals surface area (Å²) in [5, 5.41) is 7.93. The zero-order valence-electron chi connectivity index (χ0n) is 21.9. The first-order valence-corrected chi connectivity index (χ1v) is 14.0. The van der Waals surface area contributed by atoms with Crippen molar-refractivity contribution in [2.45, 2.75) is 37.3 Å². The smallest absolute Gasteiger partial charge is 0.244 e. The van der Waals surface area contributed by atoms with E-state index < -0.39 is 5.25 Å². The number of hydrogen-bond acceptors (Lipinski definition) is 6. The van der Waals surface area contributed by atoms with Gasteiger partial charge in [-0.1, -0.05) is 51.1 Å². The fraction of sp³-hybridized carbons (Fsp3) is 0.233. The number of nitrogens with one attached hydrogen (secondary N) is 2. The molecule has 1 unspecified atom stereocenters. The number of rotatable bonds is 9. The normalized spacial score (nSPS) is 12.0. The van der Waals surface area contributed by atoms with Crippen LogP contribution in [0.4, 0.5) is 10.8 Å². The average Bonchev–Trinajstić information content (AvgIpc) is 3.36. The van der Waals surface area contributed by atoms with Gasteiger partial charge >= 0.3 is 0 Å². The first-order valence-electron chi connectivity index (χ1n) is 12.2. The van der Waals surface area contributed by atoms with Crippen LogP contribution < -0.4 is 15.4 Å². The lowest BCUT2D eigenvalue weighted by Gasteiger charge is -2.18. The predicted octanol–water partition coefficient (Wildman–Crippen LogP) is 7.67. The summed E-state index contributed by atoms with van der Waals surface area (Å²) < 4.78 is 5.23. The number of anilines is 2. The summed E-state index contributed by atoms with van der Waals surface area (Å²) in [6.07, 6.45) is 0.441. The van der Waals surface area contributed by atoms with Gasteiger partial charge in [0.1, 0.15) is 11.0 Å². The first-order chi connectivity index (χ1) is 18.2. The summed E-state index contributed by atoms with van der Waals surface area (Å²) in [6, 6.07) is 24.9. The van der Waals surface area contributed by atoms with E-state index in [1.807, 2.05) is 105 Å². The van der Waals surface area contributed by atoms with Crippen LogP contribution in [0.3, 0.4) is 0 Å². The van der Waals surface area contributed by atoms with E-state index in [1.54, 1.807) is 7.11 Å². The molecule has 1 heterocycles. The van der Waals surface area contributed by atoms with Crippen LogP contribution in [0.2, 0.25) is 0 Å². The maximum Gasteiger partial charge on any atom is 0.244 e. The summed E-state index contributed by atoms with van der Waals surface area (Å²) in [4.78, 5) is 31.3. The maximum atomic E-state index is 13.5. The number of ether oxygens (including phenoxy) is 1. The van der Waals surface area contributed by atoms with Crippen molar-refractivity contribution in [3.63, 3.8) is 0 Å². The van der Waals surface area contributed by atoms with Gasteiger partial charge in [0.15, 0.2) is 5.13 Å². The lowest BCUT2D eigenvalue weighted by Crippen LogP contribution is -2.19. The fourth-order valence-electron chi connectivity index (χ4n) is 3.74. The molecule has 1 atom stereocenters. The highest BCUT2D eigenvalue weighted by atomic mass is 32.2. The monoisotopic (exact) mass is 545 g/mol. The molecule has 0 aliphatic rings. The maximum absolute atomic E-state index is 13.5. The highest BCUT2D eigenvalue weighted by molar-refractivity contribution is 8.00. The first kappa shape index (κ1) is 27.4. The number of carbonyl (C=O) groups excluding carboxylic acids is 2. The molecule has 38 heavy (non-hydrogen) atoms. The van der Waals surface area contributed by atoms with Gasteiger partial charge in [0.25, 0.3) is 0 Å². The topological polar surface area (TPSA) is 80.3 Å². The molecule has 6 nitrogen and oxygen atoms in total. The minimum absolute atomic E-state index is 0.0168. The van der Waals surface area contributed by atoms with Gasteiger partial charge in [-0.15, -0.1) is 23.1 Å². The number of aromatic nitrogens is 1. The second-order valence-corrected chi connectivity index (χ2v) is 12.0. The summed E-state index contributed by atoms with van der Waals surface area (Å²) in [5.74, 6) is 0.608. The van der Waals surface area contributed by atoms with Crippen molar-refractivity contribution >= 4 is 45.7 Å². The number of carbonyl (C=O) groups is 2. The van der Waals surface area contributed by atoms with E-state index in [0.29, 0.717) is 11.6 Å². The predicted molar refractivity (Wildman–Crippen MR) is 157 cm³/mol. The van der Waals surface area contributed by atoms with Gasteiger partial charge < -0.3 is 15.4 Å². The average molecular weight is 546 g/mol. The molecular weight excluding hydrogens is 514 g/mol.